The van der Waals surface area contributed by atoms with E-state index in [1.807, 2.05) is 24.4 Å². The van der Waals surface area contributed by atoms with Gasteiger partial charge < -0.3 is 10.4 Å². The van der Waals surface area contributed by atoms with Gasteiger partial charge in [-0.3, -0.25) is 4.79 Å². The Hall–Kier alpha value is -1.36. The molecule has 1 heterocycles. The second kappa shape index (κ2) is 5.82. The largest absolute Gasteiger partial charge is 0.480 e. The van der Waals surface area contributed by atoms with Gasteiger partial charge in [0, 0.05) is 4.88 Å². The molecule has 0 aromatic carbocycles. The predicted octanol–water partition coefficient (Wildman–Crippen LogP) is 2.05. The number of amides is 1. The molecule has 1 aromatic heterocycles. The van der Waals surface area contributed by atoms with Crippen molar-refractivity contribution in [3.05, 3.63) is 22.4 Å². The van der Waals surface area contributed by atoms with Crippen molar-refractivity contribution in [1.82, 2.24) is 5.32 Å². The topological polar surface area (TPSA) is 66.4 Å². The molecule has 0 saturated carbocycles. The molecule has 0 saturated heterocycles. The number of nitrogens with one attached hydrogen (secondary N) is 1. The Morgan fingerprint density at radius 1 is 1.53 bits per heavy atom. The first-order valence-electron chi connectivity index (χ1n) is 5.54. The zero-order valence-electron chi connectivity index (χ0n) is 10.0. The van der Waals surface area contributed by atoms with E-state index < -0.39 is 11.5 Å². The molecule has 5 heteroatoms. The molecule has 1 aromatic rings. The van der Waals surface area contributed by atoms with Gasteiger partial charge in [-0.2, -0.15) is 0 Å². The standard InChI is InChI=1S/C12H17NO3S/c1-3-6-12(2,11(15)16)13-10(14)8-9-5-4-7-17-9/h4-5,7H,3,6,8H2,1-2H3,(H,13,14)(H,15,16). The van der Waals surface area contributed by atoms with Crippen LogP contribution in [0.1, 0.15) is 31.6 Å². The maximum Gasteiger partial charge on any atom is 0.329 e. The molecule has 4 nitrogen and oxygen atoms in total. The number of hydrogen-bond acceptors (Lipinski definition) is 3. The van der Waals surface area contributed by atoms with Crippen LogP contribution in [0.15, 0.2) is 17.5 Å². The van der Waals surface area contributed by atoms with Gasteiger partial charge in [-0.1, -0.05) is 19.4 Å². The molecule has 17 heavy (non-hydrogen) atoms. The van der Waals surface area contributed by atoms with E-state index in [0.717, 1.165) is 4.88 Å². The van der Waals surface area contributed by atoms with E-state index in [1.54, 1.807) is 6.92 Å². The third-order valence-electron chi connectivity index (χ3n) is 2.55. The Balaban J connectivity index is 2.61. The Bertz CT molecular complexity index is 388. The first-order valence-corrected chi connectivity index (χ1v) is 6.42. The summed E-state index contributed by atoms with van der Waals surface area (Å²) in [5.74, 6) is -1.23. The van der Waals surface area contributed by atoms with Crippen molar-refractivity contribution in [2.45, 2.75) is 38.6 Å². The van der Waals surface area contributed by atoms with Crippen molar-refractivity contribution in [2.75, 3.05) is 0 Å². The summed E-state index contributed by atoms with van der Waals surface area (Å²) in [6, 6.07) is 3.73. The van der Waals surface area contributed by atoms with Crippen molar-refractivity contribution in [3.63, 3.8) is 0 Å². The van der Waals surface area contributed by atoms with Crippen LogP contribution in [-0.4, -0.2) is 22.5 Å². The van der Waals surface area contributed by atoms with Crippen molar-refractivity contribution in [1.29, 1.82) is 0 Å². The van der Waals surface area contributed by atoms with E-state index in [2.05, 4.69) is 5.32 Å². The summed E-state index contributed by atoms with van der Waals surface area (Å²) in [5.41, 5.74) is -1.16. The maximum absolute atomic E-state index is 11.7. The minimum atomic E-state index is -1.16. The number of carbonyl (C=O) groups is 2. The normalized spacial score (nSPS) is 14.0. The van der Waals surface area contributed by atoms with Crippen LogP contribution in [0, 0.1) is 0 Å². The van der Waals surface area contributed by atoms with Crippen LogP contribution in [0.5, 0.6) is 0 Å². The minimum Gasteiger partial charge on any atom is -0.480 e. The van der Waals surface area contributed by atoms with Crippen LogP contribution in [-0.2, 0) is 16.0 Å². The average molecular weight is 255 g/mol. The SMILES string of the molecule is CCCC(C)(NC(=O)Cc1cccs1)C(=O)O. The van der Waals surface area contributed by atoms with Gasteiger partial charge in [0.1, 0.15) is 5.54 Å². The van der Waals surface area contributed by atoms with Gasteiger partial charge in [0.05, 0.1) is 6.42 Å². The lowest BCUT2D eigenvalue weighted by molar-refractivity contribution is -0.147. The van der Waals surface area contributed by atoms with Gasteiger partial charge in [0.15, 0.2) is 0 Å². The highest BCUT2D eigenvalue weighted by Crippen LogP contribution is 2.14. The van der Waals surface area contributed by atoms with Gasteiger partial charge in [-0.25, -0.2) is 4.79 Å². The first kappa shape index (κ1) is 13.7. The first-order chi connectivity index (χ1) is 7.98. The number of hydrogen-bond donors (Lipinski definition) is 2. The van der Waals surface area contributed by atoms with Gasteiger partial charge in [-0.05, 0) is 24.8 Å². The third kappa shape index (κ3) is 3.85. The average Bonchev–Trinajstić information content (AvgIpc) is 2.70. The molecule has 0 aliphatic rings. The number of thiophene rings is 1. The van der Waals surface area contributed by atoms with Crippen LogP contribution in [0.3, 0.4) is 0 Å². The second-order valence-electron chi connectivity index (χ2n) is 4.19. The van der Waals surface area contributed by atoms with Crippen LogP contribution in [0.25, 0.3) is 0 Å². The van der Waals surface area contributed by atoms with Gasteiger partial charge in [0.25, 0.3) is 0 Å². The molecule has 0 aliphatic carbocycles. The summed E-state index contributed by atoms with van der Waals surface area (Å²) in [5, 5.41) is 13.6. The molecule has 0 bridgehead atoms. The van der Waals surface area contributed by atoms with Gasteiger partial charge >= 0.3 is 5.97 Å². The molecule has 1 rings (SSSR count). The van der Waals surface area contributed by atoms with Crippen molar-refractivity contribution in [3.8, 4) is 0 Å². The minimum absolute atomic E-state index is 0.240. The Morgan fingerprint density at radius 3 is 2.71 bits per heavy atom. The van der Waals surface area contributed by atoms with E-state index >= 15 is 0 Å². The highest BCUT2D eigenvalue weighted by atomic mass is 32.1. The van der Waals surface area contributed by atoms with E-state index in [4.69, 9.17) is 5.11 Å². The number of carbonyl (C=O) groups excluding carboxylic acids is 1. The Labute approximate surface area is 105 Å². The second-order valence-corrected chi connectivity index (χ2v) is 5.22. The fourth-order valence-electron chi connectivity index (χ4n) is 1.65. The van der Waals surface area contributed by atoms with Crippen LogP contribution < -0.4 is 5.32 Å². The lowest BCUT2D eigenvalue weighted by atomic mass is 9.96. The molecule has 1 unspecified atom stereocenters. The fourth-order valence-corrected chi connectivity index (χ4v) is 2.35. The number of carboxylic acids is 1. The molecule has 1 atom stereocenters. The number of aliphatic carboxylic acids is 1. The predicted molar refractivity (Wildman–Crippen MR) is 67.1 cm³/mol. The molecule has 1 amide bonds. The van der Waals surface area contributed by atoms with Gasteiger partial charge in [-0.15, -0.1) is 11.3 Å². The van der Waals surface area contributed by atoms with Crippen molar-refractivity contribution < 1.29 is 14.7 Å². The monoisotopic (exact) mass is 255 g/mol. The Morgan fingerprint density at radius 2 is 2.24 bits per heavy atom. The smallest absolute Gasteiger partial charge is 0.329 e. The molecule has 0 aliphatic heterocycles. The Kier molecular flexibility index (Phi) is 4.69. The molecule has 94 valence electrons. The molecule has 0 spiro atoms. The van der Waals surface area contributed by atoms with Gasteiger partial charge in [0.2, 0.25) is 5.91 Å². The van der Waals surface area contributed by atoms with Crippen LogP contribution in [0.4, 0.5) is 0 Å². The zero-order chi connectivity index (χ0) is 12.9. The number of carboxylic acid groups (broad SMARTS) is 1. The van der Waals surface area contributed by atoms with E-state index in [0.29, 0.717) is 12.8 Å². The van der Waals surface area contributed by atoms with Crippen molar-refractivity contribution >= 4 is 23.2 Å². The lowest BCUT2D eigenvalue weighted by Crippen LogP contribution is -2.52. The summed E-state index contributed by atoms with van der Waals surface area (Å²) in [4.78, 5) is 23.8. The van der Waals surface area contributed by atoms with E-state index in [9.17, 15) is 9.59 Å². The molecule has 0 radical (unpaired) electrons. The summed E-state index contributed by atoms with van der Waals surface area (Å²) in [7, 11) is 0. The highest BCUT2D eigenvalue weighted by molar-refractivity contribution is 7.10. The summed E-state index contributed by atoms with van der Waals surface area (Å²) in [6.45, 7) is 3.44. The molecular weight excluding hydrogens is 238 g/mol. The molecule has 2 N–H and O–H groups in total. The van der Waals surface area contributed by atoms with E-state index in [1.165, 1.54) is 11.3 Å². The maximum atomic E-state index is 11.7. The van der Waals surface area contributed by atoms with Crippen molar-refractivity contribution in [2.24, 2.45) is 0 Å². The molecule has 0 fully saturated rings. The lowest BCUT2D eigenvalue weighted by Gasteiger charge is -2.25. The fraction of sp³-hybridized carbons (Fsp3) is 0.500. The quantitative estimate of drug-likeness (QED) is 0.817. The van der Waals surface area contributed by atoms with E-state index in [-0.39, 0.29) is 12.3 Å². The highest BCUT2D eigenvalue weighted by Gasteiger charge is 2.33. The number of rotatable bonds is 6. The molecular formula is C12H17NO3S. The third-order valence-corrected chi connectivity index (χ3v) is 3.43. The summed E-state index contributed by atoms with van der Waals surface area (Å²) >= 11 is 1.49. The summed E-state index contributed by atoms with van der Waals surface area (Å²) in [6.07, 6.45) is 1.38. The summed E-state index contributed by atoms with van der Waals surface area (Å²) < 4.78 is 0. The zero-order valence-corrected chi connectivity index (χ0v) is 10.8. The van der Waals surface area contributed by atoms with Crippen LogP contribution >= 0.6 is 11.3 Å². The van der Waals surface area contributed by atoms with Crippen LogP contribution in [0.2, 0.25) is 0 Å².